The highest BCUT2D eigenvalue weighted by atomic mass is 35.5. The molecule has 1 aliphatic rings. The summed E-state index contributed by atoms with van der Waals surface area (Å²) in [7, 11) is 0. The molecular formula is C29H30ClF3N8O2. The summed E-state index contributed by atoms with van der Waals surface area (Å²) < 4.78 is 46.9. The minimum Gasteiger partial charge on any atom is -0.379 e. The maximum absolute atomic E-state index is 14.0. The van der Waals surface area contributed by atoms with Crippen molar-refractivity contribution in [2.75, 3.05) is 55.3 Å². The third-order valence-corrected chi connectivity index (χ3v) is 7.24. The first-order chi connectivity index (χ1) is 20.8. The summed E-state index contributed by atoms with van der Waals surface area (Å²) in [5.41, 5.74) is 1.47. The lowest BCUT2D eigenvalue weighted by Gasteiger charge is -2.26. The first-order valence-corrected chi connectivity index (χ1v) is 14.0. The molecule has 0 saturated carbocycles. The fourth-order valence-electron chi connectivity index (χ4n) is 4.51. The molecule has 0 aliphatic carbocycles. The Morgan fingerprint density at radius 3 is 2.67 bits per heavy atom. The average Bonchev–Trinajstić information content (AvgIpc) is 3.47. The Morgan fingerprint density at radius 1 is 1.07 bits per heavy atom. The van der Waals surface area contributed by atoms with Crippen LogP contribution in [-0.2, 0) is 4.74 Å². The number of aryl methyl sites for hydroxylation is 1. The predicted octanol–water partition coefficient (Wildman–Crippen LogP) is 5.64. The van der Waals surface area contributed by atoms with Gasteiger partial charge in [0, 0.05) is 72.2 Å². The summed E-state index contributed by atoms with van der Waals surface area (Å²) in [6.45, 7) is 6.77. The van der Waals surface area contributed by atoms with Gasteiger partial charge in [-0.1, -0.05) is 17.7 Å². The van der Waals surface area contributed by atoms with Gasteiger partial charge in [0.05, 0.1) is 13.2 Å². The zero-order valence-corrected chi connectivity index (χ0v) is 24.0. The van der Waals surface area contributed by atoms with Gasteiger partial charge in [-0.2, -0.15) is 0 Å². The molecule has 0 radical (unpaired) electrons. The second-order valence-corrected chi connectivity index (χ2v) is 10.3. The highest BCUT2D eigenvalue weighted by molar-refractivity contribution is 6.31. The van der Waals surface area contributed by atoms with E-state index in [4.69, 9.17) is 16.3 Å². The second-order valence-electron chi connectivity index (χ2n) is 9.84. The molecule has 0 bridgehead atoms. The van der Waals surface area contributed by atoms with Crippen molar-refractivity contribution in [2.24, 2.45) is 0 Å². The maximum Gasteiger partial charge on any atom is 0.273 e. The molecule has 1 saturated heterocycles. The number of rotatable bonds is 11. The number of carbonyl (C=O) groups is 1. The van der Waals surface area contributed by atoms with Crippen LogP contribution < -0.4 is 16.0 Å². The molecule has 14 heteroatoms. The van der Waals surface area contributed by atoms with Gasteiger partial charge in [-0.3, -0.25) is 14.3 Å². The van der Waals surface area contributed by atoms with Crippen molar-refractivity contribution in [3.63, 3.8) is 0 Å². The van der Waals surface area contributed by atoms with Gasteiger partial charge >= 0.3 is 0 Å². The van der Waals surface area contributed by atoms with Gasteiger partial charge in [-0.25, -0.2) is 28.1 Å². The zero-order chi connectivity index (χ0) is 30.3. The summed E-state index contributed by atoms with van der Waals surface area (Å²) in [5, 5.41) is 9.05. The fraction of sp³-hybridized carbons (Fsp3) is 0.310. The van der Waals surface area contributed by atoms with Crippen molar-refractivity contribution in [3.05, 3.63) is 82.9 Å². The number of halogens is 4. The number of alkyl halides is 3. The molecule has 226 valence electrons. The minimum atomic E-state index is -3.24. The highest BCUT2D eigenvalue weighted by Crippen LogP contribution is 2.33. The summed E-state index contributed by atoms with van der Waals surface area (Å²) in [4.78, 5) is 28.5. The molecule has 5 rings (SSSR count). The Bertz CT molecular complexity index is 1560. The number of carbonyl (C=O) groups excluding carboxylic acids is 1. The van der Waals surface area contributed by atoms with Crippen LogP contribution in [0.25, 0.3) is 5.82 Å². The lowest BCUT2D eigenvalue weighted by molar-refractivity contribution is 0.0398. The smallest absolute Gasteiger partial charge is 0.273 e. The topological polar surface area (TPSA) is 109 Å². The SMILES string of the molecule is Cc1ccc(C(=O)Nc2ccc(Cl)c(C(F)C(F)F)c2)cc1Nc1nccn1-c1cc(NCCN2CCOCC2)ncn1. The van der Waals surface area contributed by atoms with E-state index in [1.54, 1.807) is 35.2 Å². The van der Waals surface area contributed by atoms with Crippen LogP contribution >= 0.6 is 11.6 Å². The fourth-order valence-corrected chi connectivity index (χ4v) is 4.74. The quantitative estimate of drug-likeness (QED) is 0.199. The molecule has 1 aliphatic heterocycles. The Balaban J connectivity index is 1.28. The van der Waals surface area contributed by atoms with Crippen LogP contribution in [-0.4, -0.2) is 76.1 Å². The van der Waals surface area contributed by atoms with Crippen molar-refractivity contribution < 1.29 is 22.7 Å². The van der Waals surface area contributed by atoms with E-state index in [-0.39, 0.29) is 16.3 Å². The van der Waals surface area contributed by atoms with Gasteiger partial charge in [0.1, 0.15) is 18.0 Å². The number of morpholine rings is 1. The number of anilines is 4. The van der Waals surface area contributed by atoms with Crippen molar-refractivity contribution in [1.82, 2.24) is 24.4 Å². The van der Waals surface area contributed by atoms with Crippen LogP contribution in [0, 0.1) is 6.92 Å². The molecule has 43 heavy (non-hydrogen) atoms. The number of benzene rings is 2. The molecule has 2 aromatic heterocycles. The van der Waals surface area contributed by atoms with Crippen LogP contribution in [0.15, 0.2) is 61.2 Å². The minimum absolute atomic E-state index is 0.136. The molecule has 2 aromatic carbocycles. The summed E-state index contributed by atoms with van der Waals surface area (Å²) in [5.74, 6) is 1.20. The van der Waals surface area contributed by atoms with Crippen LogP contribution in [0.4, 0.5) is 36.3 Å². The Hall–Kier alpha value is -4.20. The van der Waals surface area contributed by atoms with Gasteiger partial charge in [0.15, 0.2) is 6.17 Å². The van der Waals surface area contributed by atoms with Crippen molar-refractivity contribution in [1.29, 1.82) is 0 Å². The monoisotopic (exact) mass is 614 g/mol. The van der Waals surface area contributed by atoms with Gasteiger partial charge in [0.25, 0.3) is 12.3 Å². The number of amides is 1. The Kier molecular flexibility index (Phi) is 9.75. The number of imidazole rings is 1. The van der Waals surface area contributed by atoms with Gasteiger partial charge in [-0.05, 0) is 42.8 Å². The van der Waals surface area contributed by atoms with Crippen molar-refractivity contribution in [3.8, 4) is 5.82 Å². The summed E-state index contributed by atoms with van der Waals surface area (Å²) >= 11 is 5.89. The molecule has 4 aromatic rings. The largest absolute Gasteiger partial charge is 0.379 e. The lowest BCUT2D eigenvalue weighted by atomic mass is 10.1. The van der Waals surface area contributed by atoms with Crippen molar-refractivity contribution in [2.45, 2.75) is 19.5 Å². The first kappa shape index (κ1) is 30.3. The Morgan fingerprint density at radius 2 is 1.88 bits per heavy atom. The predicted molar refractivity (Wildman–Crippen MR) is 159 cm³/mol. The third kappa shape index (κ3) is 7.61. The van der Waals surface area contributed by atoms with E-state index < -0.39 is 24.1 Å². The highest BCUT2D eigenvalue weighted by Gasteiger charge is 2.24. The van der Waals surface area contributed by atoms with Crippen LogP contribution in [0.1, 0.15) is 27.7 Å². The molecule has 1 atom stereocenters. The summed E-state index contributed by atoms with van der Waals surface area (Å²) in [6.07, 6.45) is -0.963. The molecule has 1 fully saturated rings. The van der Waals surface area contributed by atoms with E-state index in [2.05, 4.69) is 35.8 Å². The van der Waals surface area contributed by atoms with Crippen LogP contribution in [0.3, 0.4) is 0 Å². The van der Waals surface area contributed by atoms with Gasteiger partial charge < -0.3 is 20.7 Å². The van der Waals surface area contributed by atoms with Crippen LogP contribution in [0.2, 0.25) is 5.02 Å². The summed E-state index contributed by atoms with van der Waals surface area (Å²) in [6, 6.07) is 10.6. The normalized spacial score (nSPS) is 14.5. The average molecular weight is 615 g/mol. The number of nitrogens with one attached hydrogen (secondary N) is 3. The molecule has 0 spiro atoms. The number of ether oxygens (including phenoxy) is 1. The van der Waals surface area contributed by atoms with E-state index in [1.165, 1.54) is 18.5 Å². The standard InChI is InChI=1S/C29H30ClF3N8O2/c1-18-2-3-19(28(42)38-20-4-5-22(30)21(15-20)26(31)27(32)33)14-23(18)39-29-35-7-9-41(29)25-16-24(36-17-37-25)34-6-8-40-10-12-43-13-11-40/h2-5,7,9,14-17,26-27H,6,8,10-13H2,1H3,(H,35,39)(H,38,42)(H,34,36,37). The van der Waals surface area contributed by atoms with E-state index >= 15 is 0 Å². The Labute approximate surface area is 251 Å². The van der Waals surface area contributed by atoms with E-state index in [9.17, 15) is 18.0 Å². The molecular weight excluding hydrogens is 585 g/mol. The van der Waals surface area contributed by atoms with Gasteiger partial charge in [0.2, 0.25) is 5.95 Å². The molecule has 1 amide bonds. The number of hydrogen-bond acceptors (Lipinski definition) is 8. The third-order valence-electron chi connectivity index (χ3n) is 6.90. The maximum atomic E-state index is 14.0. The molecule has 3 heterocycles. The van der Waals surface area contributed by atoms with Crippen LogP contribution in [0.5, 0.6) is 0 Å². The number of aromatic nitrogens is 4. The van der Waals surface area contributed by atoms with Crippen molar-refractivity contribution >= 4 is 40.6 Å². The van der Waals surface area contributed by atoms with E-state index in [0.717, 1.165) is 51.0 Å². The van der Waals surface area contributed by atoms with E-state index in [1.807, 2.05) is 13.0 Å². The first-order valence-electron chi connectivity index (χ1n) is 13.6. The van der Waals surface area contributed by atoms with E-state index in [0.29, 0.717) is 23.3 Å². The molecule has 1 unspecified atom stereocenters. The number of hydrogen-bond donors (Lipinski definition) is 3. The molecule has 10 nitrogen and oxygen atoms in total. The molecule has 3 N–H and O–H groups in total. The van der Waals surface area contributed by atoms with Gasteiger partial charge in [-0.15, -0.1) is 0 Å². The second kappa shape index (κ2) is 13.8. The lowest BCUT2D eigenvalue weighted by Crippen LogP contribution is -2.39. The zero-order valence-electron chi connectivity index (χ0n) is 23.2. The number of nitrogens with zero attached hydrogens (tertiary/aromatic N) is 5.